The Morgan fingerprint density at radius 2 is 1.62 bits per heavy atom. The molecule has 1 N–H and O–H groups in total. The first-order valence-corrected chi connectivity index (χ1v) is 9.72. The molecule has 1 unspecified atom stereocenters. The molecule has 2 aromatic rings. The van der Waals surface area contributed by atoms with E-state index in [0.29, 0.717) is 13.2 Å². The summed E-state index contributed by atoms with van der Waals surface area (Å²) in [6, 6.07) is 18.6. The fourth-order valence-corrected chi connectivity index (χ4v) is 3.35. The Balaban J connectivity index is 0.00000210. The molecule has 0 bridgehead atoms. The molecule has 0 amide bonds. The molecule has 6 heteroatoms. The SMILES string of the molecule is C/C=C(\C)c1ccc(OCC(O)CN2CCN(c3ccccc3)CC2)cc1.Cl.Cl. The molecule has 29 heavy (non-hydrogen) atoms. The number of hydrogen-bond acceptors (Lipinski definition) is 4. The van der Waals surface area contributed by atoms with E-state index < -0.39 is 6.10 Å². The Hall–Kier alpha value is -1.72. The van der Waals surface area contributed by atoms with Gasteiger partial charge < -0.3 is 14.7 Å². The Morgan fingerprint density at radius 1 is 1.00 bits per heavy atom. The number of nitrogens with zero attached hydrogens (tertiary/aromatic N) is 2. The van der Waals surface area contributed by atoms with Gasteiger partial charge in [-0.05, 0) is 49.2 Å². The number of aliphatic hydroxyl groups is 1. The van der Waals surface area contributed by atoms with E-state index in [4.69, 9.17) is 4.74 Å². The number of halogens is 2. The minimum absolute atomic E-state index is 0. The summed E-state index contributed by atoms with van der Waals surface area (Å²) in [5, 5.41) is 10.3. The molecule has 0 aliphatic carbocycles. The van der Waals surface area contributed by atoms with Crippen LogP contribution in [0.15, 0.2) is 60.7 Å². The van der Waals surface area contributed by atoms with E-state index in [1.807, 2.05) is 25.1 Å². The van der Waals surface area contributed by atoms with E-state index in [9.17, 15) is 5.11 Å². The average Bonchev–Trinajstić information content (AvgIpc) is 2.73. The summed E-state index contributed by atoms with van der Waals surface area (Å²) in [6.45, 7) is 9.01. The third kappa shape index (κ3) is 7.56. The van der Waals surface area contributed by atoms with E-state index >= 15 is 0 Å². The van der Waals surface area contributed by atoms with Gasteiger partial charge in [0.1, 0.15) is 18.5 Å². The number of ether oxygens (including phenoxy) is 1. The van der Waals surface area contributed by atoms with Gasteiger partial charge in [0.05, 0.1) is 0 Å². The van der Waals surface area contributed by atoms with Gasteiger partial charge in [0, 0.05) is 38.4 Å². The van der Waals surface area contributed by atoms with Gasteiger partial charge in [-0.2, -0.15) is 0 Å². The van der Waals surface area contributed by atoms with Gasteiger partial charge in [0.2, 0.25) is 0 Å². The number of β-amino-alcohol motifs (C(OH)–C–C–N with tert-alkyl or cyclic N) is 1. The first-order chi connectivity index (χ1) is 13.2. The van der Waals surface area contributed by atoms with Crippen LogP contribution in [0.25, 0.3) is 5.57 Å². The second-order valence-corrected chi connectivity index (χ2v) is 7.08. The second kappa shape index (κ2) is 12.8. The van der Waals surface area contributed by atoms with Crippen LogP contribution in [0.3, 0.4) is 0 Å². The molecule has 0 saturated carbocycles. The second-order valence-electron chi connectivity index (χ2n) is 7.08. The predicted octanol–water partition coefficient (Wildman–Crippen LogP) is 4.52. The zero-order chi connectivity index (χ0) is 19.1. The lowest BCUT2D eigenvalue weighted by atomic mass is 10.1. The standard InChI is InChI=1S/C23H30N2O2.2ClH/c1-3-19(2)20-9-11-23(12-10-20)27-18-22(26)17-24-13-15-25(16-14-24)21-7-5-4-6-8-21;;/h3-12,22,26H,13-18H2,1-2H3;2*1H/b19-3+;;. The van der Waals surface area contributed by atoms with Crippen molar-refractivity contribution in [1.82, 2.24) is 4.90 Å². The van der Waals surface area contributed by atoms with Gasteiger partial charge in [0.25, 0.3) is 0 Å². The van der Waals surface area contributed by atoms with Crippen molar-refractivity contribution in [2.75, 3.05) is 44.2 Å². The topological polar surface area (TPSA) is 35.9 Å². The maximum absolute atomic E-state index is 10.3. The summed E-state index contributed by atoms with van der Waals surface area (Å²) in [6.07, 6.45) is 1.61. The van der Waals surface area contributed by atoms with Crippen molar-refractivity contribution in [3.8, 4) is 5.75 Å². The zero-order valence-corrected chi connectivity index (χ0v) is 18.8. The van der Waals surface area contributed by atoms with Crippen LogP contribution in [0.1, 0.15) is 19.4 Å². The summed E-state index contributed by atoms with van der Waals surface area (Å²) < 4.78 is 5.76. The highest BCUT2D eigenvalue weighted by Gasteiger charge is 2.19. The average molecular weight is 439 g/mol. The van der Waals surface area contributed by atoms with Crippen molar-refractivity contribution < 1.29 is 9.84 Å². The van der Waals surface area contributed by atoms with Crippen LogP contribution >= 0.6 is 24.8 Å². The molecule has 1 saturated heterocycles. The molecular weight excluding hydrogens is 407 g/mol. The third-order valence-electron chi connectivity index (χ3n) is 5.15. The maximum Gasteiger partial charge on any atom is 0.119 e. The number of allylic oxidation sites excluding steroid dienone is 2. The van der Waals surface area contributed by atoms with Gasteiger partial charge in [-0.25, -0.2) is 0 Å². The Bertz CT molecular complexity index is 730. The minimum Gasteiger partial charge on any atom is -0.491 e. The molecule has 0 radical (unpaired) electrons. The fraction of sp³-hybridized carbons (Fsp3) is 0.391. The largest absolute Gasteiger partial charge is 0.491 e. The van der Waals surface area contributed by atoms with Gasteiger partial charge >= 0.3 is 0 Å². The lowest BCUT2D eigenvalue weighted by molar-refractivity contribution is 0.0663. The molecule has 4 nitrogen and oxygen atoms in total. The molecule has 3 rings (SSSR count). The van der Waals surface area contributed by atoms with Crippen LogP contribution < -0.4 is 9.64 Å². The molecule has 1 aliphatic rings. The molecule has 1 aliphatic heterocycles. The van der Waals surface area contributed by atoms with E-state index in [0.717, 1.165) is 31.9 Å². The number of anilines is 1. The number of rotatable bonds is 7. The smallest absolute Gasteiger partial charge is 0.119 e. The number of benzene rings is 2. The van der Waals surface area contributed by atoms with Gasteiger partial charge in [-0.3, -0.25) is 4.90 Å². The molecule has 1 fully saturated rings. The molecule has 0 spiro atoms. The lowest BCUT2D eigenvalue weighted by Crippen LogP contribution is -2.49. The number of hydrogen-bond donors (Lipinski definition) is 1. The number of para-hydroxylation sites is 1. The fourth-order valence-electron chi connectivity index (χ4n) is 3.35. The highest BCUT2D eigenvalue weighted by Crippen LogP contribution is 2.19. The van der Waals surface area contributed by atoms with Gasteiger partial charge in [0.15, 0.2) is 0 Å². The maximum atomic E-state index is 10.3. The molecule has 1 heterocycles. The molecular formula is C23H32Cl2N2O2. The van der Waals surface area contributed by atoms with Crippen molar-refractivity contribution in [3.63, 3.8) is 0 Å². The highest BCUT2D eigenvalue weighted by molar-refractivity contribution is 5.85. The molecule has 160 valence electrons. The van der Waals surface area contributed by atoms with Crippen LogP contribution in [0.4, 0.5) is 5.69 Å². The van der Waals surface area contributed by atoms with E-state index in [-0.39, 0.29) is 24.8 Å². The summed E-state index contributed by atoms with van der Waals surface area (Å²) in [5.74, 6) is 0.801. The van der Waals surface area contributed by atoms with Gasteiger partial charge in [-0.15, -0.1) is 24.8 Å². The summed E-state index contributed by atoms with van der Waals surface area (Å²) in [7, 11) is 0. The van der Waals surface area contributed by atoms with Crippen molar-refractivity contribution >= 4 is 36.1 Å². The van der Waals surface area contributed by atoms with Crippen LogP contribution in [0, 0.1) is 0 Å². The predicted molar refractivity (Wildman–Crippen MR) is 127 cm³/mol. The minimum atomic E-state index is -0.481. The van der Waals surface area contributed by atoms with Crippen molar-refractivity contribution in [1.29, 1.82) is 0 Å². The molecule has 0 aromatic heterocycles. The van der Waals surface area contributed by atoms with Crippen LogP contribution in [-0.4, -0.2) is 55.4 Å². The normalized spacial score (nSPS) is 15.8. The lowest BCUT2D eigenvalue weighted by Gasteiger charge is -2.36. The van der Waals surface area contributed by atoms with Gasteiger partial charge in [-0.1, -0.05) is 36.4 Å². The van der Waals surface area contributed by atoms with Crippen LogP contribution in [0.2, 0.25) is 0 Å². The van der Waals surface area contributed by atoms with Crippen LogP contribution in [-0.2, 0) is 0 Å². The third-order valence-corrected chi connectivity index (χ3v) is 5.15. The number of aliphatic hydroxyl groups excluding tert-OH is 1. The monoisotopic (exact) mass is 438 g/mol. The van der Waals surface area contributed by atoms with Crippen molar-refractivity contribution in [3.05, 3.63) is 66.2 Å². The molecule has 1 atom stereocenters. The van der Waals surface area contributed by atoms with E-state index in [1.54, 1.807) is 0 Å². The van der Waals surface area contributed by atoms with E-state index in [1.165, 1.54) is 16.8 Å². The van der Waals surface area contributed by atoms with Crippen molar-refractivity contribution in [2.45, 2.75) is 20.0 Å². The zero-order valence-electron chi connectivity index (χ0n) is 17.2. The Morgan fingerprint density at radius 3 is 2.21 bits per heavy atom. The first-order valence-electron chi connectivity index (χ1n) is 9.72. The van der Waals surface area contributed by atoms with Crippen LogP contribution in [0.5, 0.6) is 5.75 Å². The Labute approximate surface area is 187 Å². The van der Waals surface area contributed by atoms with Crippen molar-refractivity contribution in [2.24, 2.45) is 0 Å². The summed E-state index contributed by atoms with van der Waals surface area (Å²) in [4.78, 5) is 4.71. The first kappa shape index (κ1) is 25.3. The Kier molecular flexibility index (Phi) is 11.1. The quantitative estimate of drug-likeness (QED) is 0.689. The molecule has 2 aromatic carbocycles. The summed E-state index contributed by atoms with van der Waals surface area (Å²) >= 11 is 0. The van der Waals surface area contributed by atoms with E-state index in [2.05, 4.69) is 59.2 Å². The highest BCUT2D eigenvalue weighted by atomic mass is 35.5. The number of piperazine rings is 1. The summed E-state index contributed by atoms with van der Waals surface area (Å²) in [5.41, 5.74) is 3.72.